The van der Waals surface area contributed by atoms with Gasteiger partial charge in [-0.25, -0.2) is 4.98 Å². The number of anilines is 1. The summed E-state index contributed by atoms with van der Waals surface area (Å²) >= 11 is 0. The molecule has 0 radical (unpaired) electrons. The molecule has 0 spiro atoms. The summed E-state index contributed by atoms with van der Waals surface area (Å²) < 4.78 is 37.2. The number of likely N-dealkylation sites (tertiary alicyclic amines) is 1. The Bertz CT molecular complexity index is 439. The summed E-state index contributed by atoms with van der Waals surface area (Å²) in [7, 11) is 0. The lowest BCUT2D eigenvalue weighted by Gasteiger charge is -2.16. The molecule has 3 nitrogen and oxygen atoms in total. The number of hydrogen-bond acceptors (Lipinski definition) is 3. The van der Waals surface area contributed by atoms with E-state index in [2.05, 4.69) is 15.2 Å². The second-order valence-electron chi connectivity index (χ2n) is 5.29. The topological polar surface area (TPSA) is 28.2 Å². The second-order valence-corrected chi connectivity index (χ2v) is 5.29. The van der Waals surface area contributed by atoms with Crippen LogP contribution >= 0.6 is 0 Å². The van der Waals surface area contributed by atoms with Gasteiger partial charge in [-0.1, -0.05) is 0 Å². The molecule has 1 aliphatic heterocycles. The van der Waals surface area contributed by atoms with Crippen molar-refractivity contribution in [2.45, 2.75) is 37.5 Å². The standard InChI is InChI=1S/C13H16F3N3/c14-13(15,16)9-1-4-12(17-7-9)18-10-5-6-19(8-10)11-2-3-11/h1,4,7,10-11H,2-3,5-6,8H2,(H,17,18). The third kappa shape index (κ3) is 3.00. The Morgan fingerprint density at radius 1 is 1.21 bits per heavy atom. The summed E-state index contributed by atoms with van der Waals surface area (Å²) in [5, 5.41) is 3.21. The Hall–Kier alpha value is -1.30. The fraction of sp³-hybridized carbons (Fsp3) is 0.615. The SMILES string of the molecule is FC(F)(F)c1ccc(NC2CCN(C3CC3)C2)nc1. The average Bonchev–Trinajstić information content (AvgIpc) is 3.10. The van der Waals surface area contributed by atoms with Crippen LogP contribution in [0.4, 0.5) is 19.0 Å². The van der Waals surface area contributed by atoms with Crippen LogP contribution in [0.3, 0.4) is 0 Å². The summed E-state index contributed by atoms with van der Waals surface area (Å²) in [6, 6.07) is 3.52. The number of pyridine rings is 1. The molecule has 6 heteroatoms. The highest BCUT2D eigenvalue weighted by molar-refractivity contribution is 5.37. The van der Waals surface area contributed by atoms with Gasteiger partial charge in [0.1, 0.15) is 5.82 Å². The Morgan fingerprint density at radius 3 is 2.58 bits per heavy atom. The van der Waals surface area contributed by atoms with Crippen LogP contribution in [0.25, 0.3) is 0 Å². The van der Waals surface area contributed by atoms with Crippen molar-refractivity contribution in [1.82, 2.24) is 9.88 Å². The molecule has 2 aliphatic rings. The number of alkyl halides is 3. The highest BCUT2D eigenvalue weighted by atomic mass is 19.4. The highest BCUT2D eigenvalue weighted by Gasteiger charge is 2.34. The zero-order valence-electron chi connectivity index (χ0n) is 10.5. The lowest BCUT2D eigenvalue weighted by atomic mass is 10.2. The van der Waals surface area contributed by atoms with Gasteiger partial charge in [-0.2, -0.15) is 13.2 Å². The molecule has 104 valence electrons. The van der Waals surface area contributed by atoms with Crippen molar-refractivity contribution in [3.63, 3.8) is 0 Å². The van der Waals surface area contributed by atoms with Crippen LogP contribution in [0.2, 0.25) is 0 Å². The quantitative estimate of drug-likeness (QED) is 0.916. The van der Waals surface area contributed by atoms with Gasteiger partial charge in [-0.15, -0.1) is 0 Å². The molecule has 19 heavy (non-hydrogen) atoms. The van der Waals surface area contributed by atoms with Crippen molar-refractivity contribution in [2.75, 3.05) is 18.4 Å². The van der Waals surface area contributed by atoms with E-state index in [0.29, 0.717) is 11.9 Å². The minimum atomic E-state index is -4.32. The van der Waals surface area contributed by atoms with E-state index in [9.17, 15) is 13.2 Å². The molecule has 1 aliphatic carbocycles. The molecular formula is C13H16F3N3. The van der Waals surface area contributed by atoms with Gasteiger partial charge in [-0.05, 0) is 31.4 Å². The van der Waals surface area contributed by atoms with E-state index in [-0.39, 0.29) is 0 Å². The molecule has 1 saturated carbocycles. The van der Waals surface area contributed by atoms with Gasteiger partial charge in [0.2, 0.25) is 0 Å². The molecule has 0 bridgehead atoms. The maximum absolute atomic E-state index is 12.4. The number of hydrogen-bond donors (Lipinski definition) is 1. The first kappa shape index (κ1) is 12.7. The zero-order valence-corrected chi connectivity index (χ0v) is 10.5. The van der Waals surface area contributed by atoms with E-state index in [1.165, 1.54) is 18.9 Å². The number of nitrogens with one attached hydrogen (secondary N) is 1. The number of aromatic nitrogens is 1. The summed E-state index contributed by atoms with van der Waals surface area (Å²) in [5.41, 5.74) is -0.705. The molecule has 3 rings (SSSR count). The van der Waals surface area contributed by atoms with Crippen LogP contribution in [0, 0.1) is 0 Å². The minimum Gasteiger partial charge on any atom is -0.366 e. The highest BCUT2D eigenvalue weighted by Crippen LogP contribution is 2.31. The monoisotopic (exact) mass is 271 g/mol. The van der Waals surface area contributed by atoms with E-state index in [4.69, 9.17) is 0 Å². The molecule has 1 unspecified atom stereocenters. The molecule has 1 saturated heterocycles. The van der Waals surface area contributed by atoms with Crippen molar-refractivity contribution < 1.29 is 13.2 Å². The zero-order chi connectivity index (χ0) is 13.5. The smallest absolute Gasteiger partial charge is 0.366 e. The Balaban J connectivity index is 1.58. The van der Waals surface area contributed by atoms with E-state index in [1.54, 1.807) is 0 Å². The average molecular weight is 271 g/mol. The molecular weight excluding hydrogens is 255 g/mol. The second kappa shape index (κ2) is 4.67. The first-order chi connectivity index (χ1) is 9.02. The molecule has 1 aromatic heterocycles. The summed E-state index contributed by atoms with van der Waals surface area (Å²) in [6.07, 6.45) is 0.160. The summed E-state index contributed by atoms with van der Waals surface area (Å²) in [5.74, 6) is 0.524. The maximum atomic E-state index is 12.4. The number of halogens is 3. The maximum Gasteiger partial charge on any atom is 0.417 e. The van der Waals surface area contributed by atoms with Crippen LogP contribution in [0.15, 0.2) is 18.3 Å². The molecule has 0 amide bonds. The van der Waals surface area contributed by atoms with E-state index >= 15 is 0 Å². The van der Waals surface area contributed by atoms with Crippen LogP contribution in [-0.2, 0) is 6.18 Å². The van der Waals surface area contributed by atoms with Gasteiger partial charge in [0, 0.05) is 31.4 Å². The van der Waals surface area contributed by atoms with Crippen molar-refractivity contribution in [1.29, 1.82) is 0 Å². The molecule has 2 fully saturated rings. The van der Waals surface area contributed by atoms with E-state index in [1.807, 2.05) is 0 Å². The van der Waals surface area contributed by atoms with Gasteiger partial charge in [0.15, 0.2) is 0 Å². The molecule has 1 atom stereocenters. The predicted molar refractivity (Wildman–Crippen MR) is 65.9 cm³/mol. The molecule has 1 N–H and O–H groups in total. The predicted octanol–water partition coefficient (Wildman–Crippen LogP) is 2.75. The molecule has 1 aromatic rings. The van der Waals surface area contributed by atoms with Crippen molar-refractivity contribution in [3.8, 4) is 0 Å². The minimum absolute atomic E-state index is 0.296. The van der Waals surface area contributed by atoms with Crippen LogP contribution in [-0.4, -0.2) is 35.1 Å². The van der Waals surface area contributed by atoms with Crippen molar-refractivity contribution in [3.05, 3.63) is 23.9 Å². The lowest BCUT2D eigenvalue weighted by Crippen LogP contribution is -2.28. The van der Waals surface area contributed by atoms with E-state index < -0.39 is 11.7 Å². The Labute approximate surface area is 109 Å². The number of rotatable bonds is 3. The first-order valence-corrected chi connectivity index (χ1v) is 6.56. The van der Waals surface area contributed by atoms with Crippen molar-refractivity contribution in [2.24, 2.45) is 0 Å². The summed E-state index contributed by atoms with van der Waals surface area (Å²) in [4.78, 5) is 6.29. The van der Waals surface area contributed by atoms with Crippen LogP contribution in [0.5, 0.6) is 0 Å². The molecule has 2 heterocycles. The fourth-order valence-corrected chi connectivity index (χ4v) is 2.53. The summed E-state index contributed by atoms with van der Waals surface area (Å²) in [6.45, 7) is 2.04. The van der Waals surface area contributed by atoms with Gasteiger partial charge in [0.25, 0.3) is 0 Å². The Kier molecular flexibility index (Phi) is 3.12. The van der Waals surface area contributed by atoms with Gasteiger partial charge in [0.05, 0.1) is 5.56 Å². The third-order valence-corrected chi connectivity index (χ3v) is 3.73. The van der Waals surface area contributed by atoms with Gasteiger partial charge < -0.3 is 5.32 Å². The van der Waals surface area contributed by atoms with Crippen molar-refractivity contribution >= 4 is 5.82 Å². The van der Waals surface area contributed by atoms with Crippen LogP contribution in [0.1, 0.15) is 24.8 Å². The first-order valence-electron chi connectivity index (χ1n) is 6.56. The van der Waals surface area contributed by atoms with Crippen LogP contribution < -0.4 is 5.32 Å². The lowest BCUT2D eigenvalue weighted by molar-refractivity contribution is -0.137. The van der Waals surface area contributed by atoms with E-state index in [0.717, 1.165) is 37.8 Å². The normalized spacial score (nSPS) is 24.7. The fourth-order valence-electron chi connectivity index (χ4n) is 2.53. The molecule has 0 aromatic carbocycles. The van der Waals surface area contributed by atoms with Gasteiger partial charge in [-0.3, -0.25) is 4.90 Å². The Morgan fingerprint density at radius 2 is 2.00 bits per heavy atom. The largest absolute Gasteiger partial charge is 0.417 e. The number of nitrogens with zero attached hydrogens (tertiary/aromatic N) is 2. The van der Waals surface area contributed by atoms with Gasteiger partial charge >= 0.3 is 6.18 Å². The third-order valence-electron chi connectivity index (χ3n) is 3.73.